The summed E-state index contributed by atoms with van der Waals surface area (Å²) in [5, 5.41) is 26.5. The summed E-state index contributed by atoms with van der Waals surface area (Å²) in [4.78, 5) is 4.42. The molecule has 0 saturated carbocycles. The summed E-state index contributed by atoms with van der Waals surface area (Å²) in [6, 6.07) is 9.06. The number of hydrogen-bond donors (Lipinski definition) is 2. The molecule has 2 aromatic heterocycles. The van der Waals surface area contributed by atoms with E-state index in [-0.39, 0.29) is 23.6 Å². The van der Waals surface area contributed by atoms with E-state index >= 15 is 0 Å². The number of aliphatic hydroxyl groups excluding tert-OH is 1. The second-order valence-electron chi connectivity index (χ2n) is 7.57. The van der Waals surface area contributed by atoms with E-state index in [1.165, 1.54) is 38.4 Å². The fourth-order valence-corrected chi connectivity index (χ4v) is 3.83. The minimum Gasteiger partial charge on any atom is -0.512 e. The normalized spacial score (nSPS) is 12.6. The zero-order chi connectivity index (χ0) is 24.6. The fourth-order valence-electron chi connectivity index (χ4n) is 3.83. The zero-order valence-corrected chi connectivity index (χ0v) is 18.4. The number of rotatable bonds is 6. The predicted molar refractivity (Wildman–Crippen MR) is 119 cm³/mol. The van der Waals surface area contributed by atoms with E-state index in [1.54, 1.807) is 29.5 Å². The lowest BCUT2D eigenvalue weighted by molar-refractivity contribution is -0.274. The highest BCUT2D eigenvalue weighted by molar-refractivity contribution is 6.22. The molecule has 4 rings (SSSR count). The highest BCUT2D eigenvalue weighted by Crippen LogP contribution is 2.33. The quantitative estimate of drug-likeness (QED) is 0.299. The van der Waals surface area contributed by atoms with Crippen molar-refractivity contribution in [1.82, 2.24) is 19.6 Å². The molecule has 2 heterocycles. The maximum absolute atomic E-state index is 12.6. The molecule has 0 saturated heterocycles. The van der Waals surface area contributed by atoms with Gasteiger partial charge in [-0.3, -0.25) is 9.38 Å². The van der Waals surface area contributed by atoms with Crippen LogP contribution < -0.4 is 9.47 Å². The number of fused-ring (bicyclic) bond motifs is 3. The van der Waals surface area contributed by atoms with E-state index in [2.05, 4.69) is 19.9 Å². The third kappa shape index (κ3) is 4.49. The SMILES string of the molecule is COc1cc2c(cc1/C(C(C)=N)=C(\C)O)ncc1nnc(Cc3cccc(OC(F)(F)F)c3)n12. The summed E-state index contributed by atoms with van der Waals surface area (Å²) in [6.45, 7) is 3.05. The van der Waals surface area contributed by atoms with Crippen molar-refractivity contribution in [2.24, 2.45) is 0 Å². The third-order valence-electron chi connectivity index (χ3n) is 5.11. The van der Waals surface area contributed by atoms with Crippen LogP contribution in [0.3, 0.4) is 0 Å². The number of aromatic nitrogens is 4. The van der Waals surface area contributed by atoms with E-state index in [0.717, 1.165) is 0 Å². The third-order valence-corrected chi connectivity index (χ3v) is 5.11. The van der Waals surface area contributed by atoms with Gasteiger partial charge in [0.1, 0.15) is 17.3 Å². The van der Waals surface area contributed by atoms with Crippen molar-refractivity contribution in [3.05, 3.63) is 65.3 Å². The summed E-state index contributed by atoms with van der Waals surface area (Å²) in [6.07, 6.45) is -3.09. The number of hydrogen-bond acceptors (Lipinski definition) is 7. The maximum atomic E-state index is 12.6. The van der Waals surface area contributed by atoms with E-state index in [4.69, 9.17) is 10.1 Å². The molecule has 0 aliphatic rings. The number of alkyl halides is 3. The Kier molecular flexibility index (Phi) is 5.86. The zero-order valence-electron chi connectivity index (χ0n) is 18.4. The first-order valence-electron chi connectivity index (χ1n) is 10.1. The van der Waals surface area contributed by atoms with Gasteiger partial charge >= 0.3 is 6.36 Å². The van der Waals surface area contributed by atoms with Crippen molar-refractivity contribution in [2.75, 3.05) is 7.11 Å². The molecule has 0 amide bonds. The number of benzene rings is 2. The van der Waals surface area contributed by atoms with Gasteiger partial charge < -0.3 is 20.0 Å². The summed E-state index contributed by atoms with van der Waals surface area (Å²) < 4.78 is 49.1. The average molecular weight is 471 g/mol. The van der Waals surface area contributed by atoms with Crippen molar-refractivity contribution in [2.45, 2.75) is 26.6 Å². The van der Waals surface area contributed by atoms with Gasteiger partial charge in [0, 0.05) is 29.3 Å². The largest absolute Gasteiger partial charge is 0.573 e. The van der Waals surface area contributed by atoms with Crippen LogP contribution in [0.25, 0.3) is 22.3 Å². The van der Waals surface area contributed by atoms with E-state index in [9.17, 15) is 18.3 Å². The van der Waals surface area contributed by atoms with Gasteiger partial charge in [-0.15, -0.1) is 23.4 Å². The van der Waals surface area contributed by atoms with Gasteiger partial charge in [-0.05, 0) is 37.6 Å². The van der Waals surface area contributed by atoms with Crippen LogP contribution in [0.1, 0.15) is 30.8 Å². The molecule has 8 nitrogen and oxygen atoms in total. The maximum Gasteiger partial charge on any atom is 0.573 e. The molecular formula is C23H20F3N5O3. The molecule has 11 heteroatoms. The second-order valence-corrected chi connectivity index (χ2v) is 7.57. The van der Waals surface area contributed by atoms with Crippen LogP contribution in [0.15, 0.2) is 48.4 Å². The molecule has 0 atom stereocenters. The van der Waals surface area contributed by atoms with Crippen molar-refractivity contribution in [1.29, 1.82) is 5.41 Å². The number of nitrogens with zero attached hydrogens (tertiary/aromatic N) is 4. The molecule has 4 aromatic rings. The monoisotopic (exact) mass is 471 g/mol. The molecule has 176 valence electrons. The predicted octanol–water partition coefficient (Wildman–Crippen LogP) is 5.10. The lowest BCUT2D eigenvalue weighted by Gasteiger charge is -2.14. The highest BCUT2D eigenvalue weighted by Gasteiger charge is 2.31. The second kappa shape index (κ2) is 8.65. The smallest absolute Gasteiger partial charge is 0.512 e. The van der Waals surface area contributed by atoms with Crippen LogP contribution in [0.2, 0.25) is 0 Å². The molecule has 34 heavy (non-hydrogen) atoms. The molecular weight excluding hydrogens is 451 g/mol. The van der Waals surface area contributed by atoms with Gasteiger partial charge in [0.05, 0.1) is 30.1 Å². The van der Waals surface area contributed by atoms with Crippen LogP contribution in [-0.2, 0) is 6.42 Å². The van der Waals surface area contributed by atoms with Crippen LogP contribution in [0, 0.1) is 5.41 Å². The van der Waals surface area contributed by atoms with E-state index in [1.807, 2.05) is 0 Å². The van der Waals surface area contributed by atoms with Gasteiger partial charge in [0.2, 0.25) is 0 Å². The van der Waals surface area contributed by atoms with Crippen LogP contribution in [0.4, 0.5) is 13.2 Å². The molecule has 0 aliphatic heterocycles. The van der Waals surface area contributed by atoms with Crippen molar-refractivity contribution < 1.29 is 27.8 Å². The number of methoxy groups -OCH3 is 1. The molecule has 2 aromatic carbocycles. The Hall–Kier alpha value is -4.15. The molecule has 0 aliphatic carbocycles. The summed E-state index contributed by atoms with van der Waals surface area (Å²) >= 11 is 0. The number of aliphatic hydroxyl groups is 1. The topological polar surface area (TPSA) is 106 Å². The van der Waals surface area contributed by atoms with Gasteiger partial charge in [-0.1, -0.05) is 12.1 Å². The van der Waals surface area contributed by atoms with Gasteiger partial charge in [-0.2, -0.15) is 0 Å². The van der Waals surface area contributed by atoms with Crippen LogP contribution >= 0.6 is 0 Å². The average Bonchev–Trinajstić information content (AvgIpc) is 3.15. The Balaban J connectivity index is 1.84. The number of nitrogens with one attached hydrogen (secondary N) is 1. The minimum absolute atomic E-state index is 0.0304. The molecule has 0 unspecified atom stereocenters. The molecule has 0 fully saturated rings. The Bertz CT molecular complexity index is 1440. The highest BCUT2D eigenvalue weighted by atomic mass is 19.4. The molecule has 0 radical (unpaired) electrons. The standard InChI is InChI=1S/C23H20F3N5O3/c1-12(27)22(13(2)32)16-9-17-18(10-19(16)33-3)31-20(29-30-21(31)11-28-17)8-14-5-4-6-15(7-14)34-23(24,25)26/h4-7,9-11,27,32H,8H2,1-3H3/b22-13+,27-12?. The lowest BCUT2D eigenvalue weighted by Crippen LogP contribution is -2.17. The molecule has 0 bridgehead atoms. The van der Waals surface area contributed by atoms with Crippen molar-refractivity contribution in [3.63, 3.8) is 0 Å². The van der Waals surface area contributed by atoms with Crippen LogP contribution in [0.5, 0.6) is 11.5 Å². The Morgan fingerprint density at radius 2 is 1.91 bits per heavy atom. The first-order valence-corrected chi connectivity index (χ1v) is 10.1. The van der Waals surface area contributed by atoms with E-state index < -0.39 is 6.36 Å². The summed E-state index contributed by atoms with van der Waals surface area (Å²) in [7, 11) is 1.47. The first-order chi connectivity index (χ1) is 16.1. The minimum atomic E-state index is -4.79. The number of ether oxygens (including phenoxy) is 2. The number of allylic oxidation sites excluding steroid dienone is 2. The summed E-state index contributed by atoms with van der Waals surface area (Å²) in [5.41, 5.74) is 3.09. The Morgan fingerprint density at radius 1 is 1.15 bits per heavy atom. The fraction of sp³-hybridized carbons (Fsp3) is 0.217. The van der Waals surface area contributed by atoms with Gasteiger partial charge in [-0.25, -0.2) is 0 Å². The van der Waals surface area contributed by atoms with Crippen molar-refractivity contribution in [3.8, 4) is 11.5 Å². The Morgan fingerprint density at radius 3 is 2.56 bits per heavy atom. The van der Waals surface area contributed by atoms with Gasteiger partial charge in [0.25, 0.3) is 0 Å². The molecule has 0 spiro atoms. The summed E-state index contributed by atoms with van der Waals surface area (Å²) in [5.74, 6) is 0.519. The Labute approximate surface area is 191 Å². The first kappa shape index (κ1) is 23.0. The lowest BCUT2D eigenvalue weighted by atomic mass is 9.99. The van der Waals surface area contributed by atoms with Crippen molar-refractivity contribution >= 4 is 28.0 Å². The van der Waals surface area contributed by atoms with E-state index in [0.29, 0.717) is 45.0 Å². The van der Waals surface area contributed by atoms with Gasteiger partial charge in [0.15, 0.2) is 5.65 Å². The number of halogens is 3. The molecule has 2 N–H and O–H groups in total. The van der Waals surface area contributed by atoms with Crippen LogP contribution in [-0.4, -0.2) is 43.9 Å².